The fourth-order valence-corrected chi connectivity index (χ4v) is 2.18. The fraction of sp³-hybridized carbons (Fsp3) is 0.133. The minimum atomic E-state index is -0.404. The van der Waals surface area contributed by atoms with E-state index in [1.165, 1.54) is 4.31 Å². The van der Waals surface area contributed by atoms with E-state index in [9.17, 15) is 4.79 Å². The first-order valence-electron chi connectivity index (χ1n) is 7.07. The third-order valence-electron chi connectivity index (χ3n) is 3.15. The Morgan fingerprint density at radius 3 is 2.92 bits per heavy atom. The molecule has 0 aromatic carbocycles. The van der Waals surface area contributed by atoms with Crippen molar-refractivity contribution < 1.29 is 4.79 Å². The first-order chi connectivity index (χ1) is 11.6. The molecule has 0 aliphatic rings. The Labute approximate surface area is 143 Å². The van der Waals surface area contributed by atoms with Gasteiger partial charge in [-0.2, -0.15) is 0 Å². The molecular formula is C15H15N7OS. The quantitative estimate of drug-likeness (QED) is 0.561. The molecule has 0 bridgehead atoms. The van der Waals surface area contributed by atoms with Crippen LogP contribution in [0.1, 0.15) is 0 Å². The number of carbonyl (C=O) groups is 1. The number of hydrogen-bond donors (Lipinski definition) is 2. The SMILES string of the molecule is C=CCN(S)C(=O)Nc1ccc2ncc(-c3cn(C)cn3)nc2n1. The lowest BCUT2D eigenvalue weighted by molar-refractivity contribution is 0.241. The van der Waals surface area contributed by atoms with Crippen molar-refractivity contribution in [3.63, 3.8) is 0 Å². The van der Waals surface area contributed by atoms with Crippen LogP contribution in [0.2, 0.25) is 0 Å². The van der Waals surface area contributed by atoms with Gasteiger partial charge in [-0.25, -0.2) is 19.7 Å². The normalized spacial score (nSPS) is 10.6. The number of thiol groups is 1. The monoisotopic (exact) mass is 341 g/mol. The number of nitrogens with one attached hydrogen (secondary N) is 1. The molecule has 0 atom stereocenters. The summed E-state index contributed by atoms with van der Waals surface area (Å²) < 4.78 is 3.01. The van der Waals surface area contributed by atoms with Gasteiger partial charge >= 0.3 is 6.03 Å². The van der Waals surface area contributed by atoms with Gasteiger partial charge in [0.2, 0.25) is 0 Å². The summed E-state index contributed by atoms with van der Waals surface area (Å²) in [6.07, 6.45) is 6.75. The number of fused-ring (bicyclic) bond motifs is 1. The zero-order chi connectivity index (χ0) is 17.1. The Kier molecular flexibility index (Phi) is 4.43. The van der Waals surface area contributed by atoms with E-state index in [0.29, 0.717) is 34.9 Å². The maximum Gasteiger partial charge on any atom is 0.333 e. The zero-order valence-electron chi connectivity index (χ0n) is 12.9. The van der Waals surface area contributed by atoms with Gasteiger partial charge in [-0.05, 0) is 12.1 Å². The number of urea groups is 1. The topological polar surface area (TPSA) is 88.8 Å². The van der Waals surface area contributed by atoms with Crippen molar-refractivity contribution in [1.82, 2.24) is 28.8 Å². The third-order valence-corrected chi connectivity index (χ3v) is 3.49. The molecule has 0 fully saturated rings. The highest BCUT2D eigenvalue weighted by atomic mass is 32.1. The van der Waals surface area contributed by atoms with Crippen molar-refractivity contribution in [2.24, 2.45) is 7.05 Å². The summed E-state index contributed by atoms with van der Waals surface area (Å²) >= 11 is 4.06. The first kappa shape index (κ1) is 15.9. The predicted octanol–water partition coefficient (Wildman–Crippen LogP) is 2.29. The van der Waals surface area contributed by atoms with E-state index in [2.05, 4.69) is 44.6 Å². The minimum Gasteiger partial charge on any atom is -0.340 e. The van der Waals surface area contributed by atoms with E-state index in [0.717, 1.165) is 0 Å². The summed E-state index contributed by atoms with van der Waals surface area (Å²) in [7, 11) is 1.88. The van der Waals surface area contributed by atoms with Crippen LogP contribution in [-0.4, -0.2) is 41.4 Å². The Morgan fingerprint density at radius 2 is 2.21 bits per heavy atom. The summed E-state index contributed by atoms with van der Waals surface area (Å²) in [5.74, 6) is 0.364. The van der Waals surface area contributed by atoms with Crippen LogP contribution in [-0.2, 0) is 7.05 Å². The van der Waals surface area contributed by atoms with Crippen LogP contribution in [0.25, 0.3) is 22.6 Å². The molecule has 0 unspecified atom stereocenters. The second kappa shape index (κ2) is 6.67. The molecule has 24 heavy (non-hydrogen) atoms. The van der Waals surface area contributed by atoms with Crippen molar-refractivity contribution in [3.8, 4) is 11.4 Å². The highest BCUT2D eigenvalue weighted by Crippen LogP contribution is 2.17. The molecule has 0 radical (unpaired) electrons. The number of aryl methyl sites for hydroxylation is 1. The zero-order valence-corrected chi connectivity index (χ0v) is 13.8. The van der Waals surface area contributed by atoms with E-state index in [1.54, 1.807) is 30.7 Å². The molecule has 0 saturated heterocycles. The van der Waals surface area contributed by atoms with E-state index in [-0.39, 0.29) is 0 Å². The highest BCUT2D eigenvalue weighted by molar-refractivity contribution is 7.78. The van der Waals surface area contributed by atoms with Gasteiger partial charge in [0, 0.05) is 13.2 Å². The van der Waals surface area contributed by atoms with Crippen LogP contribution < -0.4 is 5.32 Å². The van der Waals surface area contributed by atoms with Gasteiger partial charge in [-0.15, -0.1) is 6.58 Å². The molecule has 0 saturated carbocycles. The maximum atomic E-state index is 11.9. The van der Waals surface area contributed by atoms with Gasteiger partial charge in [0.25, 0.3) is 0 Å². The lowest BCUT2D eigenvalue weighted by Gasteiger charge is -2.13. The van der Waals surface area contributed by atoms with Gasteiger partial charge in [-0.3, -0.25) is 14.6 Å². The number of carbonyl (C=O) groups excluding carboxylic acids is 1. The van der Waals surface area contributed by atoms with Crippen LogP contribution >= 0.6 is 12.8 Å². The van der Waals surface area contributed by atoms with E-state index >= 15 is 0 Å². The summed E-state index contributed by atoms with van der Waals surface area (Å²) in [5, 5.41) is 2.65. The number of aromatic nitrogens is 5. The van der Waals surface area contributed by atoms with Crippen LogP contribution in [0.15, 0.2) is 43.5 Å². The fourth-order valence-electron chi connectivity index (χ4n) is 2.02. The molecule has 8 nitrogen and oxygen atoms in total. The Bertz CT molecular complexity index is 908. The molecular weight excluding hydrogens is 326 g/mol. The molecule has 9 heteroatoms. The molecule has 3 rings (SSSR count). The lowest BCUT2D eigenvalue weighted by Crippen LogP contribution is -2.27. The minimum absolute atomic E-state index is 0.312. The van der Waals surface area contributed by atoms with Crippen molar-refractivity contribution in [1.29, 1.82) is 0 Å². The number of nitrogens with zero attached hydrogens (tertiary/aromatic N) is 6. The van der Waals surface area contributed by atoms with Gasteiger partial charge < -0.3 is 4.57 Å². The molecule has 0 aliphatic heterocycles. The van der Waals surface area contributed by atoms with E-state index in [4.69, 9.17) is 0 Å². The number of hydrogen-bond acceptors (Lipinski definition) is 6. The maximum absolute atomic E-state index is 11.9. The molecule has 3 aromatic heterocycles. The van der Waals surface area contributed by atoms with Crippen LogP contribution in [0, 0.1) is 0 Å². The summed E-state index contributed by atoms with van der Waals surface area (Å²) in [6.45, 7) is 3.87. The van der Waals surface area contributed by atoms with Crippen LogP contribution in [0.5, 0.6) is 0 Å². The molecule has 3 heterocycles. The third kappa shape index (κ3) is 3.35. The molecule has 0 spiro atoms. The van der Waals surface area contributed by atoms with E-state index in [1.807, 2.05) is 17.8 Å². The van der Waals surface area contributed by atoms with Gasteiger partial charge in [-0.1, -0.05) is 18.9 Å². The second-order valence-electron chi connectivity index (χ2n) is 5.02. The Balaban J connectivity index is 1.89. The lowest BCUT2D eigenvalue weighted by atomic mass is 10.3. The number of imidazole rings is 1. The van der Waals surface area contributed by atoms with Crippen molar-refractivity contribution in [3.05, 3.63) is 43.5 Å². The standard InChI is InChI=1S/C15H15N7OS/c1-3-6-22(24)15(23)20-13-5-4-10-14(19-13)18-11(7-16-10)12-8-21(2)9-17-12/h3-5,7-9,24H,1,6H2,2H3,(H,18,19,20,23). The van der Waals surface area contributed by atoms with E-state index < -0.39 is 6.03 Å². The summed E-state index contributed by atoms with van der Waals surface area (Å²) in [4.78, 5) is 29.3. The average molecular weight is 341 g/mol. The molecule has 2 amide bonds. The number of anilines is 1. The second-order valence-corrected chi connectivity index (χ2v) is 5.50. The van der Waals surface area contributed by atoms with Gasteiger partial charge in [0.05, 0.1) is 19.1 Å². The molecule has 1 N–H and O–H groups in total. The van der Waals surface area contributed by atoms with Crippen molar-refractivity contribution >= 4 is 35.8 Å². The first-order valence-corrected chi connectivity index (χ1v) is 7.47. The van der Waals surface area contributed by atoms with Crippen LogP contribution in [0.3, 0.4) is 0 Å². The van der Waals surface area contributed by atoms with Crippen LogP contribution in [0.4, 0.5) is 10.6 Å². The number of pyridine rings is 1. The number of amides is 2. The highest BCUT2D eigenvalue weighted by Gasteiger charge is 2.11. The Morgan fingerprint density at radius 1 is 1.38 bits per heavy atom. The number of rotatable bonds is 4. The summed E-state index contributed by atoms with van der Waals surface area (Å²) in [5.41, 5.74) is 2.36. The van der Waals surface area contributed by atoms with Gasteiger partial charge in [0.1, 0.15) is 22.7 Å². The smallest absolute Gasteiger partial charge is 0.333 e. The molecule has 3 aromatic rings. The summed E-state index contributed by atoms with van der Waals surface area (Å²) in [6, 6.07) is 2.99. The molecule has 0 aliphatic carbocycles. The van der Waals surface area contributed by atoms with Crippen molar-refractivity contribution in [2.75, 3.05) is 11.9 Å². The molecule has 122 valence electrons. The Hall–Kier alpha value is -2.94. The van der Waals surface area contributed by atoms with Crippen molar-refractivity contribution in [2.45, 2.75) is 0 Å². The predicted molar refractivity (Wildman–Crippen MR) is 94.4 cm³/mol. The van der Waals surface area contributed by atoms with Gasteiger partial charge in [0.15, 0.2) is 5.65 Å². The largest absolute Gasteiger partial charge is 0.340 e. The average Bonchev–Trinajstić information content (AvgIpc) is 3.01.